The van der Waals surface area contributed by atoms with Crippen LogP contribution < -0.4 is 0 Å². The van der Waals surface area contributed by atoms with Gasteiger partial charge in [-0.3, -0.25) is 4.98 Å². The van der Waals surface area contributed by atoms with Crippen LogP contribution in [0, 0.1) is 0 Å². The Hall–Kier alpha value is -0.970. The molecule has 0 N–H and O–H groups in total. The zero-order chi connectivity index (χ0) is 15.0. The molecule has 122 valence electrons. The van der Waals surface area contributed by atoms with E-state index in [-0.39, 0.29) is 0 Å². The highest BCUT2D eigenvalue weighted by Gasteiger charge is 2.21. The van der Waals surface area contributed by atoms with Crippen molar-refractivity contribution in [3.05, 3.63) is 30.1 Å². The van der Waals surface area contributed by atoms with Crippen molar-refractivity contribution >= 4 is 0 Å². The molecule has 4 heteroatoms. The highest BCUT2D eigenvalue weighted by Crippen LogP contribution is 2.18. The molecule has 1 atom stereocenters. The van der Waals surface area contributed by atoms with Crippen molar-refractivity contribution in [3.63, 3.8) is 0 Å². The summed E-state index contributed by atoms with van der Waals surface area (Å²) in [5.41, 5.74) is 1.19. The standard InChI is InChI=1S/C18H28N2O2/c1-3-10-19-16(5-1)7-11-20-12-8-17(9-13-20)22-15-18-6-2-4-14-21-18/h1,3,5,10,17-18H,2,4,6-9,11-15H2/t18-/m0/s1. The fourth-order valence-electron chi connectivity index (χ4n) is 3.30. The highest BCUT2D eigenvalue weighted by molar-refractivity contribution is 5.03. The molecule has 3 heterocycles. The largest absolute Gasteiger partial charge is 0.376 e. The number of pyridine rings is 1. The molecular weight excluding hydrogens is 276 g/mol. The zero-order valence-electron chi connectivity index (χ0n) is 13.5. The van der Waals surface area contributed by atoms with Crippen molar-refractivity contribution in [1.82, 2.24) is 9.88 Å². The second kappa shape index (κ2) is 8.61. The first-order valence-electron chi connectivity index (χ1n) is 8.75. The maximum absolute atomic E-state index is 6.07. The molecule has 3 rings (SSSR count). The summed E-state index contributed by atoms with van der Waals surface area (Å²) in [5.74, 6) is 0. The number of hydrogen-bond donors (Lipinski definition) is 0. The third-order valence-corrected chi connectivity index (χ3v) is 4.74. The maximum Gasteiger partial charge on any atom is 0.0808 e. The van der Waals surface area contributed by atoms with Gasteiger partial charge in [0, 0.05) is 44.6 Å². The Morgan fingerprint density at radius 1 is 1.18 bits per heavy atom. The summed E-state index contributed by atoms with van der Waals surface area (Å²) >= 11 is 0. The van der Waals surface area contributed by atoms with Gasteiger partial charge in [0.2, 0.25) is 0 Å². The molecule has 2 aliphatic rings. The highest BCUT2D eigenvalue weighted by atomic mass is 16.5. The van der Waals surface area contributed by atoms with Crippen LogP contribution in [0.15, 0.2) is 24.4 Å². The summed E-state index contributed by atoms with van der Waals surface area (Å²) in [5, 5.41) is 0. The molecule has 0 bridgehead atoms. The van der Waals surface area contributed by atoms with Crippen molar-refractivity contribution in [3.8, 4) is 0 Å². The first-order valence-corrected chi connectivity index (χ1v) is 8.75. The van der Waals surface area contributed by atoms with Crippen molar-refractivity contribution < 1.29 is 9.47 Å². The van der Waals surface area contributed by atoms with Crippen LogP contribution in [0.3, 0.4) is 0 Å². The topological polar surface area (TPSA) is 34.6 Å². The lowest BCUT2D eigenvalue weighted by Gasteiger charge is -2.33. The summed E-state index contributed by atoms with van der Waals surface area (Å²) in [6.07, 6.45) is 9.66. The van der Waals surface area contributed by atoms with Crippen LogP contribution in [0.25, 0.3) is 0 Å². The van der Waals surface area contributed by atoms with Crippen LogP contribution in [0.2, 0.25) is 0 Å². The molecule has 0 spiro atoms. The van der Waals surface area contributed by atoms with Gasteiger partial charge in [-0.25, -0.2) is 0 Å². The maximum atomic E-state index is 6.07. The average molecular weight is 304 g/mol. The van der Waals surface area contributed by atoms with E-state index in [9.17, 15) is 0 Å². The van der Waals surface area contributed by atoms with Crippen molar-refractivity contribution in [2.75, 3.05) is 32.8 Å². The smallest absolute Gasteiger partial charge is 0.0808 e. The third-order valence-electron chi connectivity index (χ3n) is 4.74. The molecule has 0 unspecified atom stereocenters. The molecule has 0 amide bonds. The number of nitrogens with zero attached hydrogens (tertiary/aromatic N) is 2. The van der Waals surface area contributed by atoms with Gasteiger partial charge in [-0.15, -0.1) is 0 Å². The normalized spacial score (nSPS) is 24.5. The summed E-state index contributed by atoms with van der Waals surface area (Å²) in [7, 11) is 0. The number of aromatic nitrogens is 1. The summed E-state index contributed by atoms with van der Waals surface area (Å²) in [6.45, 7) is 5.10. The van der Waals surface area contributed by atoms with Gasteiger partial charge in [-0.05, 0) is 44.2 Å². The first-order chi connectivity index (χ1) is 10.9. The number of ether oxygens (including phenoxy) is 2. The lowest BCUT2D eigenvalue weighted by atomic mass is 10.1. The van der Waals surface area contributed by atoms with E-state index in [0.717, 1.165) is 52.1 Å². The van der Waals surface area contributed by atoms with Crippen LogP contribution >= 0.6 is 0 Å². The summed E-state index contributed by atoms with van der Waals surface area (Å²) in [4.78, 5) is 6.93. The van der Waals surface area contributed by atoms with Gasteiger partial charge in [0.15, 0.2) is 0 Å². The number of likely N-dealkylation sites (tertiary alicyclic amines) is 1. The molecule has 22 heavy (non-hydrogen) atoms. The van der Waals surface area contributed by atoms with Gasteiger partial charge in [0.1, 0.15) is 0 Å². The van der Waals surface area contributed by atoms with E-state index in [1.807, 2.05) is 12.3 Å². The Bertz CT molecular complexity index is 412. The van der Waals surface area contributed by atoms with E-state index in [4.69, 9.17) is 9.47 Å². The fourth-order valence-corrected chi connectivity index (χ4v) is 3.30. The van der Waals surface area contributed by atoms with Crippen molar-refractivity contribution in [2.24, 2.45) is 0 Å². The number of rotatable bonds is 6. The molecule has 2 aliphatic heterocycles. The molecule has 1 aromatic heterocycles. The van der Waals surface area contributed by atoms with Crippen LogP contribution in [0.5, 0.6) is 0 Å². The number of piperidine rings is 1. The molecule has 2 fully saturated rings. The molecule has 0 aliphatic carbocycles. The van der Waals surface area contributed by atoms with E-state index in [1.54, 1.807) is 0 Å². The monoisotopic (exact) mass is 304 g/mol. The molecule has 2 saturated heterocycles. The predicted molar refractivity (Wildman–Crippen MR) is 86.9 cm³/mol. The minimum atomic E-state index is 0.343. The molecule has 0 saturated carbocycles. The Balaban J connectivity index is 1.30. The predicted octanol–water partition coefficient (Wildman–Crippen LogP) is 2.67. The first kappa shape index (κ1) is 15.9. The average Bonchev–Trinajstić information content (AvgIpc) is 2.61. The van der Waals surface area contributed by atoms with Crippen molar-refractivity contribution in [2.45, 2.75) is 50.7 Å². The van der Waals surface area contributed by atoms with Gasteiger partial charge >= 0.3 is 0 Å². The van der Waals surface area contributed by atoms with Crippen LogP contribution in [0.4, 0.5) is 0 Å². The third kappa shape index (κ3) is 5.04. The SMILES string of the molecule is c1ccc(CCN2CCC(OC[C@@H]3CCCCO3)CC2)nc1. The van der Waals surface area contributed by atoms with Crippen LogP contribution in [0.1, 0.15) is 37.8 Å². The van der Waals surface area contributed by atoms with Gasteiger partial charge < -0.3 is 14.4 Å². The van der Waals surface area contributed by atoms with E-state index in [0.29, 0.717) is 12.2 Å². The van der Waals surface area contributed by atoms with E-state index in [2.05, 4.69) is 22.0 Å². The Labute approximate surface area is 133 Å². The molecule has 1 aromatic rings. The second-order valence-electron chi connectivity index (χ2n) is 6.43. The quantitative estimate of drug-likeness (QED) is 0.809. The van der Waals surface area contributed by atoms with Gasteiger partial charge in [0.05, 0.1) is 18.8 Å². The Kier molecular flexibility index (Phi) is 6.22. The van der Waals surface area contributed by atoms with E-state index < -0.39 is 0 Å². The van der Waals surface area contributed by atoms with Crippen LogP contribution in [-0.2, 0) is 15.9 Å². The van der Waals surface area contributed by atoms with Crippen LogP contribution in [-0.4, -0.2) is 54.9 Å². The number of hydrogen-bond acceptors (Lipinski definition) is 4. The fraction of sp³-hybridized carbons (Fsp3) is 0.722. The molecule has 0 radical (unpaired) electrons. The van der Waals surface area contributed by atoms with E-state index >= 15 is 0 Å². The van der Waals surface area contributed by atoms with Gasteiger partial charge in [0.25, 0.3) is 0 Å². The Morgan fingerprint density at radius 2 is 2.09 bits per heavy atom. The van der Waals surface area contributed by atoms with Gasteiger partial charge in [-0.2, -0.15) is 0 Å². The summed E-state index contributed by atoms with van der Waals surface area (Å²) < 4.78 is 11.8. The Morgan fingerprint density at radius 3 is 2.82 bits per heavy atom. The van der Waals surface area contributed by atoms with E-state index in [1.165, 1.54) is 25.0 Å². The minimum absolute atomic E-state index is 0.343. The lowest BCUT2D eigenvalue weighted by Crippen LogP contribution is -2.39. The molecule has 4 nitrogen and oxygen atoms in total. The minimum Gasteiger partial charge on any atom is -0.376 e. The van der Waals surface area contributed by atoms with Crippen molar-refractivity contribution in [1.29, 1.82) is 0 Å². The summed E-state index contributed by atoms with van der Waals surface area (Å²) in [6, 6.07) is 6.15. The molecule has 0 aromatic carbocycles. The molecular formula is C18H28N2O2. The zero-order valence-corrected chi connectivity index (χ0v) is 13.5. The lowest BCUT2D eigenvalue weighted by molar-refractivity contribution is -0.0748. The van der Waals surface area contributed by atoms with Gasteiger partial charge in [-0.1, -0.05) is 6.07 Å². The second-order valence-corrected chi connectivity index (χ2v) is 6.43.